The van der Waals surface area contributed by atoms with Crippen LogP contribution in [0.3, 0.4) is 0 Å². The Balaban J connectivity index is 0.00000312. The van der Waals surface area contributed by atoms with Crippen LogP contribution in [-0.4, -0.2) is 39.9 Å². The first-order chi connectivity index (χ1) is 11.6. The quantitative estimate of drug-likeness (QED) is 0.378. The van der Waals surface area contributed by atoms with Crippen LogP contribution in [-0.2, 0) is 13.6 Å². The topological polar surface area (TPSA) is 76.4 Å². The Hall–Kier alpha value is -1.84. The summed E-state index contributed by atoms with van der Waals surface area (Å²) in [6.07, 6.45) is 1.69. The number of nitrogens with zero attached hydrogens (tertiary/aromatic N) is 4. The van der Waals surface area contributed by atoms with Crippen molar-refractivity contribution in [1.82, 2.24) is 25.4 Å². The molecule has 1 heterocycles. The highest BCUT2D eigenvalue weighted by molar-refractivity contribution is 14.0. The van der Waals surface area contributed by atoms with Crippen molar-refractivity contribution in [3.63, 3.8) is 0 Å². The molecule has 0 radical (unpaired) electrons. The molecule has 138 valence electrons. The molecule has 0 aliphatic carbocycles. The van der Waals surface area contributed by atoms with Crippen LogP contribution in [0.4, 0.5) is 0 Å². The van der Waals surface area contributed by atoms with Gasteiger partial charge in [-0.2, -0.15) is 0 Å². The molecule has 7 nitrogen and oxygen atoms in total. The smallest absolute Gasteiger partial charge is 0.191 e. The van der Waals surface area contributed by atoms with Crippen LogP contribution in [0, 0.1) is 6.92 Å². The Bertz CT molecular complexity index is 673. The third-order valence-corrected chi connectivity index (χ3v) is 3.41. The van der Waals surface area contributed by atoms with Crippen LogP contribution in [0.25, 0.3) is 0 Å². The minimum Gasteiger partial charge on any atom is -0.489 e. The van der Waals surface area contributed by atoms with Gasteiger partial charge in [0.05, 0.1) is 6.54 Å². The van der Waals surface area contributed by atoms with Crippen molar-refractivity contribution in [3.05, 3.63) is 42.0 Å². The number of nitrogens with one attached hydrogen (secondary N) is 2. The van der Waals surface area contributed by atoms with Crippen LogP contribution in [0.1, 0.15) is 25.2 Å². The van der Waals surface area contributed by atoms with E-state index in [-0.39, 0.29) is 30.1 Å². The van der Waals surface area contributed by atoms with Gasteiger partial charge in [0.25, 0.3) is 0 Å². The van der Waals surface area contributed by atoms with E-state index in [0.717, 1.165) is 24.1 Å². The number of aromatic nitrogens is 3. The van der Waals surface area contributed by atoms with Crippen molar-refractivity contribution in [1.29, 1.82) is 0 Å². The largest absolute Gasteiger partial charge is 0.489 e. The third-order valence-electron chi connectivity index (χ3n) is 3.41. The molecule has 0 spiro atoms. The first-order valence-corrected chi connectivity index (χ1v) is 8.17. The minimum absolute atomic E-state index is 0. The fraction of sp³-hybridized carbons (Fsp3) is 0.471. The SMILES string of the molecule is CCNC(=NCc1nncn1C)NCC(C)Oc1cccc(C)c1.I. The summed E-state index contributed by atoms with van der Waals surface area (Å²) in [4.78, 5) is 4.53. The van der Waals surface area contributed by atoms with Crippen LogP contribution < -0.4 is 15.4 Å². The summed E-state index contributed by atoms with van der Waals surface area (Å²) in [5.41, 5.74) is 1.19. The fourth-order valence-corrected chi connectivity index (χ4v) is 2.14. The molecule has 25 heavy (non-hydrogen) atoms. The molecule has 1 unspecified atom stereocenters. The highest BCUT2D eigenvalue weighted by Gasteiger charge is 2.07. The van der Waals surface area contributed by atoms with Crippen molar-refractivity contribution < 1.29 is 4.74 Å². The number of ether oxygens (including phenoxy) is 1. The van der Waals surface area contributed by atoms with Crippen LogP contribution >= 0.6 is 24.0 Å². The molecule has 0 aliphatic heterocycles. The zero-order valence-corrected chi connectivity index (χ0v) is 17.5. The fourth-order valence-electron chi connectivity index (χ4n) is 2.14. The second kappa shape index (κ2) is 10.9. The molecular weight excluding hydrogens is 431 g/mol. The van der Waals surface area contributed by atoms with E-state index in [2.05, 4.69) is 38.8 Å². The van der Waals surface area contributed by atoms with Gasteiger partial charge in [-0.1, -0.05) is 12.1 Å². The molecule has 2 rings (SSSR count). The summed E-state index contributed by atoms with van der Waals surface area (Å²) in [7, 11) is 1.91. The average molecular weight is 458 g/mol. The molecule has 2 aromatic rings. The van der Waals surface area contributed by atoms with Gasteiger partial charge in [0.15, 0.2) is 11.8 Å². The second-order valence-electron chi connectivity index (χ2n) is 5.68. The number of aryl methyl sites for hydroxylation is 2. The molecule has 1 atom stereocenters. The van der Waals surface area contributed by atoms with Gasteiger partial charge < -0.3 is 19.9 Å². The predicted molar refractivity (Wildman–Crippen MR) is 111 cm³/mol. The molecule has 1 aromatic heterocycles. The Kier molecular flexibility index (Phi) is 9.25. The third kappa shape index (κ3) is 7.29. The number of hydrogen-bond donors (Lipinski definition) is 2. The van der Waals surface area contributed by atoms with Crippen molar-refractivity contribution in [2.45, 2.75) is 33.4 Å². The molecule has 0 amide bonds. The van der Waals surface area contributed by atoms with Gasteiger partial charge >= 0.3 is 0 Å². The first kappa shape index (κ1) is 21.2. The van der Waals surface area contributed by atoms with E-state index in [1.165, 1.54) is 5.56 Å². The summed E-state index contributed by atoms with van der Waals surface area (Å²) in [6.45, 7) is 8.03. The molecule has 0 saturated carbocycles. The van der Waals surface area contributed by atoms with E-state index in [0.29, 0.717) is 13.1 Å². The lowest BCUT2D eigenvalue weighted by Crippen LogP contribution is -2.41. The summed E-state index contributed by atoms with van der Waals surface area (Å²) in [5.74, 6) is 2.43. The van der Waals surface area contributed by atoms with E-state index in [4.69, 9.17) is 4.74 Å². The zero-order chi connectivity index (χ0) is 17.4. The van der Waals surface area contributed by atoms with Gasteiger partial charge in [0, 0.05) is 13.6 Å². The van der Waals surface area contributed by atoms with Crippen molar-refractivity contribution in [2.75, 3.05) is 13.1 Å². The van der Waals surface area contributed by atoms with E-state index < -0.39 is 0 Å². The molecule has 0 bridgehead atoms. The molecule has 0 aliphatic rings. The maximum Gasteiger partial charge on any atom is 0.191 e. The van der Waals surface area contributed by atoms with E-state index >= 15 is 0 Å². The van der Waals surface area contributed by atoms with Gasteiger partial charge in [-0.15, -0.1) is 34.2 Å². The lowest BCUT2D eigenvalue weighted by molar-refractivity contribution is 0.223. The number of hydrogen-bond acceptors (Lipinski definition) is 4. The van der Waals surface area contributed by atoms with Gasteiger partial charge in [0.2, 0.25) is 0 Å². The van der Waals surface area contributed by atoms with E-state index in [1.54, 1.807) is 6.33 Å². The number of aliphatic imine (C=N–C) groups is 1. The van der Waals surface area contributed by atoms with Gasteiger partial charge in [-0.05, 0) is 38.5 Å². The molecule has 1 aromatic carbocycles. The second-order valence-corrected chi connectivity index (χ2v) is 5.68. The van der Waals surface area contributed by atoms with Crippen molar-refractivity contribution in [2.24, 2.45) is 12.0 Å². The van der Waals surface area contributed by atoms with Gasteiger partial charge in [-0.25, -0.2) is 4.99 Å². The van der Waals surface area contributed by atoms with Gasteiger partial charge in [0.1, 0.15) is 24.7 Å². The highest BCUT2D eigenvalue weighted by atomic mass is 127. The number of halogens is 1. The summed E-state index contributed by atoms with van der Waals surface area (Å²) in [5, 5.41) is 14.4. The number of benzene rings is 1. The first-order valence-electron chi connectivity index (χ1n) is 8.17. The molecule has 2 N–H and O–H groups in total. The monoisotopic (exact) mass is 458 g/mol. The molecule has 0 fully saturated rings. The predicted octanol–water partition coefficient (Wildman–Crippen LogP) is 2.26. The molecular formula is C17H27IN6O. The highest BCUT2D eigenvalue weighted by Crippen LogP contribution is 2.13. The van der Waals surface area contributed by atoms with E-state index in [9.17, 15) is 0 Å². The number of guanidine groups is 1. The van der Waals surface area contributed by atoms with Crippen LogP contribution in [0.15, 0.2) is 35.6 Å². The maximum atomic E-state index is 5.92. The van der Waals surface area contributed by atoms with Crippen molar-refractivity contribution in [3.8, 4) is 5.75 Å². The Morgan fingerprint density at radius 2 is 2.16 bits per heavy atom. The van der Waals surface area contributed by atoms with Crippen LogP contribution in [0.2, 0.25) is 0 Å². The summed E-state index contributed by atoms with van der Waals surface area (Å²) < 4.78 is 7.78. The lowest BCUT2D eigenvalue weighted by Gasteiger charge is -2.18. The maximum absolute atomic E-state index is 5.92. The minimum atomic E-state index is 0. The van der Waals surface area contributed by atoms with Gasteiger partial charge in [-0.3, -0.25) is 0 Å². The normalized spacial score (nSPS) is 12.2. The zero-order valence-electron chi connectivity index (χ0n) is 15.2. The van der Waals surface area contributed by atoms with Crippen LogP contribution in [0.5, 0.6) is 5.75 Å². The molecule has 0 saturated heterocycles. The Labute approximate surface area is 166 Å². The number of rotatable bonds is 7. The Morgan fingerprint density at radius 1 is 1.36 bits per heavy atom. The van der Waals surface area contributed by atoms with E-state index in [1.807, 2.05) is 43.7 Å². The average Bonchev–Trinajstić information content (AvgIpc) is 2.95. The lowest BCUT2D eigenvalue weighted by atomic mass is 10.2. The molecule has 8 heteroatoms. The standard InChI is InChI=1S/C17H26N6O.HI/c1-5-18-17(20-11-16-22-21-12-23(16)4)19-10-14(3)24-15-8-6-7-13(2)9-15;/h6-9,12,14H,5,10-11H2,1-4H3,(H2,18,19,20);1H. The Morgan fingerprint density at radius 3 is 2.80 bits per heavy atom. The van der Waals surface area contributed by atoms with Crippen molar-refractivity contribution >= 4 is 29.9 Å². The summed E-state index contributed by atoms with van der Waals surface area (Å²) in [6, 6.07) is 8.05. The summed E-state index contributed by atoms with van der Waals surface area (Å²) >= 11 is 0.